The Morgan fingerprint density at radius 3 is 2.38 bits per heavy atom. The largest absolute Gasteiger partial charge is 0.339 e. The summed E-state index contributed by atoms with van der Waals surface area (Å²) < 4.78 is 0. The molecule has 4 saturated carbocycles. The third-order valence-corrected chi connectivity index (χ3v) is 7.50. The van der Waals surface area contributed by atoms with Crippen molar-refractivity contribution >= 4 is 5.91 Å². The Morgan fingerprint density at radius 1 is 1.17 bits per heavy atom. The van der Waals surface area contributed by atoms with E-state index in [-0.39, 0.29) is 0 Å². The monoisotopic (exact) mass is 330 g/mol. The van der Waals surface area contributed by atoms with Gasteiger partial charge in [0.2, 0.25) is 5.91 Å². The van der Waals surface area contributed by atoms with Gasteiger partial charge in [-0.3, -0.25) is 4.79 Å². The van der Waals surface area contributed by atoms with Crippen molar-refractivity contribution in [3.63, 3.8) is 0 Å². The third kappa shape index (κ3) is 3.16. The summed E-state index contributed by atoms with van der Waals surface area (Å²) in [4.78, 5) is 16.9. The Morgan fingerprint density at radius 2 is 1.79 bits per heavy atom. The van der Waals surface area contributed by atoms with E-state index in [1.807, 2.05) is 11.0 Å². The van der Waals surface area contributed by atoms with Crippen molar-refractivity contribution < 1.29 is 4.79 Å². The first-order valence-corrected chi connectivity index (χ1v) is 10.2. The van der Waals surface area contributed by atoms with Gasteiger partial charge >= 0.3 is 0 Å². The van der Waals surface area contributed by atoms with Crippen LogP contribution in [0.1, 0.15) is 57.8 Å². The molecule has 5 fully saturated rings. The lowest BCUT2D eigenvalue weighted by Gasteiger charge is -2.58. The smallest absolute Gasteiger partial charge is 0.222 e. The zero-order valence-corrected chi connectivity index (χ0v) is 15.4. The Labute approximate surface area is 147 Å². The number of rotatable bonds is 5. The molecule has 0 spiro atoms. The van der Waals surface area contributed by atoms with Crippen LogP contribution in [0, 0.1) is 23.2 Å². The van der Waals surface area contributed by atoms with Gasteiger partial charge in [0.25, 0.3) is 0 Å². The zero-order chi connectivity index (χ0) is 16.7. The topological polar surface area (TPSA) is 23.6 Å². The molecule has 24 heavy (non-hydrogen) atoms. The van der Waals surface area contributed by atoms with E-state index >= 15 is 0 Å². The summed E-state index contributed by atoms with van der Waals surface area (Å²) in [6.45, 7) is 6.68. The highest BCUT2D eigenvalue weighted by atomic mass is 16.2. The fraction of sp³-hybridized carbons (Fsp3) is 0.857. The number of hydrogen-bond donors (Lipinski definition) is 0. The van der Waals surface area contributed by atoms with Gasteiger partial charge in [-0.1, -0.05) is 6.08 Å². The zero-order valence-electron chi connectivity index (χ0n) is 15.4. The van der Waals surface area contributed by atoms with Gasteiger partial charge in [-0.2, -0.15) is 0 Å². The van der Waals surface area contributed by atoms with Crippen LogP contribution in [-0.2, 0) is 4.79 Å². The Balaban J connectivity index is 1.38. The van der Waals surface area contributed by atoms with Crippen molar-refractivity contribution in [3.8, 4) is 0 Å². The fourth-order valence-corrected chi connectivity index (χ4v) is 6.95. The van der Waals surface area contributed by atoms with E-state index in [4.69, 9.17) is 0 Å². The lowest BCUT2D eigenvalue weighted by Crippen LogP contribution is -2.52. The molecule has 3 nitrogen and oxygen atoms in total. The molecule has 0 aromatic rings. The summed E-state index contributed by atoms with van der Waals surface area (Å²) in [6, 6.07) is 0.580. The molecule has 0 aromatic heterocycles. The van der Waals surface area contributed by atoms with Crippen molar-refractivity contribution in [3.05, 3.63) is 12.7 Å². The maximum absolute atomic E-state index is 12.2. The minimum absolute atomic E-state index is 0.320. The molecule has 1 aliphatic heterocycles. The Bertz CT molecular complexity index is 465. The SMILES string of the molecule is C=CCN1CCC(N(C)CC23CC4CC(CC(C4)C2)C3)CCC1=O. The second-order valence-corrected chi connectivity index (χ2v) is 9.44. The molecule has 0 N–H and O–H groups in total. The van der Waals surface area contributed by atoms with E-state index in [2.05, 4.69) is 18.5 Å². The number of carbonyl (C=O) groups is 1. The van der Waals surface area contributed by atoms with Crippen LogP contribution in [0.25, 0.3) is 0 Å². The lowest BCUT2D eigenvalue weighted by atomic mass is 9.49. The van der Waals surface area contributed by atoms with Crippen molar-refractivity contribution in [1.82, 2.24) is 9.80 Å². The number of likely N-dealkylation sites (tertiary alicyclic amines) is 1. The average molecular weight is 331 g/mol. The molecule has 134 valence electrons. The van der Waals surface area contributed by atoms with E-state index in [1.165, 1.54) is 45.1 Å². The van der Waals surface area contributed by atoms with Crippen LogP contribution in [-0.4, -0.2) is 48.4 Å². The predicted molar refractivity (Wildman–Crippen MR) is 97.7 cm³/mol. The van der Waals surface area contributed by atoms with E-state index < -0.39 is 0 Å². The second kappa shape index (κ2) is 6.48. The fourth-order valence-electron chi connectivity index (χ4n) is 6.95. The molecule has 5 rings (SSSR count). The van der Waals surface area contributed by atoms with E-state index in [1.54, 1.807) is 0 Å². The van der Waals surface area contributed by atoms with E-state index in [0.29, 0.717) is 30.3 Å². The number of carbonyl (C=O) groups excluding carboxylic acids is 1. The van der Waals surface area contributed by atoms with Crippen LogP contribution in [0.4, 0.5) is 0 Å². The average Bonchev–Trinajstić information content (AvgIpc) is 2.68. The quantitative estimate of drug-likeness (QED) is 0.718. The normalized spacial score (nSPS) is 41.8. The molecule has 0 aromatic carbocycles. The van der Waals surface area contributed by atoms with Crippen molar-refractivity contribution in [2.24, 2.45) is 23.2 Å². The van der Waals surface area contributed by atoms with Crippen molar-refractivity contribution in [2.75, 3.05) is 26.7 Å². The van der Waals surface area contributed by atoms with E-state index in [9.17, 15) is 4.79 Å². The van der Waals surface area contributed by atoms with Gasteiger partial charge in [0.05, 0.1) is 0 Å². The van der Waals surface area contributed by atoms with E-state index in [0.717, 1.165) is 37.1 Å². The van der Waals surface area contributed by atoms with Crippen LogP contribution < -0.4 is 0 Å². The minimum atomic E-state index is 0.320. The highest BCUT2D eigenvalue weighted by Gasteiger charge is 2.51. The summed E-state index contributed by atoms with van der Waals surface area (Å²) >= 11 is 0. The van der Waals surface area contributed by atoms with Crippen LogP contribution in [0.5, 0.6) is 0 Å². The van der Waals surface area contributed by atoms with Gasteiger partial charge in [-0.25, -0.2) is 0 Å². The molecule has 1 heterocycles. The molecule has 1 saturated heterocycles. The predicted octanol–water partition coefficient (Wildman–Crippen LogP) is 3.70. The Hall–Kier alpha value is -0.830. The van der Waals surface area contributed by atoms with Crippen LogP contribution >= 0.6 is 0 Å². The number of hydrogen-bond acceptors (Lipinski definition) is 2. The van der Waals surface area contributed by atoms with Crippen molar-refractivity contribution in [1.29, 1.82) is 0 Å². The molecular formula is C21H34N2O. The molecule has 0 radical (unpaired) electrons. The van der Waals surface area contributed by atoms with Gasteiger partial charge in [0.15, 0.2) is 0 Å². The van der Waals surface area contributed by atoms with Gasteiger partial charge < -0.3 is 9.80 Å². The van der Waals surface area contributed by atoms with Crippen molar-refractivity contribution in [2.45, 2.75) is 63.8 Å². The van der Waals surface area contributed by atoms with Crippen LogP contribution in [0.3, 0.4) is 0 Å². The third-order valence-electron chi connectivity index (χ3n) is 7.50. The Kier molecular flexibility index (Phi) is 4.49. The molecule has 1 amide bonds. The molecule has 4 bridgehead atoms. The van der Waals surface area contributed by atoms with Gasteiger partial charge in [0.1, 0.15) is 0 Å². The highest BCUT2D eigenvalue weighted by Crippen LogP contribution is 2.60. The molecule has 5 aliphatic rings. The maximum Gasteiger partial charge on any atom is 0.222 e. The van der Waals surface area contributed by atoms with Crippen LogP contribution in [0.15, 0.2) is 12.7 Å². The molecule has 4 aliphatic carbocycles. The number of amides is 1. The molecular weight excluding hydrogens is 296 g/mol. The minimum Gasteiger partial charge on any atom is -0.339 e. The highest BCUT2D eigenvalue weighted by molar-refractivity contribution is 5.76. The first kappa shape index (κ1) is 16.6. The summed E-state index contributed by atoms with van der Waals surface area (Å²) in [5.74, 6) is 3.41. The lowest BCUT2D eigenvalue weighted by molar-refractivity contribution is -0.130. The van der Waals surface area contributed by atoms with Gasteiger partial charge in [-0.05, 0) is 81.6 Å². The molecule has 1 atom stereocenters. The van der Waals surface area contributed by atoms with Crippen LogP contribution in [0.2, 0.25) is 0 Å². The van der Waals surface area contributed by atoms with Gasteiger partial charge in [-0.15, -0.1) is 6.58 Å². The summed E-state index contributed by atoms with van der Waals surface area (Å²) in [5, 5.41) is 0. The standard InChI is InChI=1S/C21H34N2O/c1-3-7-23-8-6-19(4-5-20(23)24)22(2)15-21-12-16-9-17(13-21)11-18(10-16)14-21/h3,16-19H,1,4-15H2,2H3. The maximum atomic E-state index is 12.2. The molecule has 1 unspecified atom stereocenters. The summed E-state index contributed by atoms with van der Waals surface area (Å²) in [5.41, 5.74) is 0.612. The van der Waals surface area contributed by atoms with Gasteiger partial charge in [0, 0.05) is 32.1 Å². The first-order chi connectivity index (χ1) is 11.6. The first-order valence-electron chi connectivity index (χ1n) is 10.2. The second-order valence-electron chi connectivity index (χ2n) is 9.44. The molecule has 3 heteroatoms. The summed E-state index contributed by atoms with van der Waals surface area (Å²) in [6.07, 6.45) is 13.8. The summed E-state index contributed by atoms with van der Waals surface area (Å²) in [7, 11) is 2.33. The number of nitrogens with zero attached hydrogens (tertiary/aromatic N) is 2.